The molecular formula is C22H26N2O4. The van der Waals surface area contributed by atoms with Crippen LogP contribution in [0.5, 0.6) is 5.75 Å². The van der Waals surface area contributed by atoms with Crippen molar-refractivity contribution >= 4 is 11.8 Å². The summed E-state index contributed by atoms with van der Waals surface area (Å²) < 4.78 is 11.4. The highest BCUT2D eigenvalue weighted by Gasteiger charge is 2.38. The fraction of sp³-hybridized carbons (Fsp3) is 0.455. The minimum Gasteiger partial charge on any atom is -0.488 e. The predicted octanol–water partition coefficient (Wildman–Crippen LogP) is 2.76. The summed E-state index contributed by atoms with van der Waals surface area (Å²) in [5.41, 5.74) is 0.828. The molecule has 1 aromatic heterocycles. The first-order valence-corrected chi connectivity index (χ1v) is 9.97. The van der Waals surface area contributed by atoms with Gasteiger partial charge in [-0.3, -0.25) is 9.59 Å². The first-order valence-electron chi connectivity index (χ1n) is 9.97. The topological polar surface area (TPSA) is 80.6 Å². The maximum atomic E-state index is 12.4. The van der Waals surface area contributed by atoms with Crippen LogP contribution >= 0.6 is 0 Å². The average Bonchev–Trinajstić information content (AvgIpc) is 3.35. The molecule has 0 radical (unpaired) electrons. The smallest absolute Gasteiger partial charge is 0.220 e. The quantitative estimate of drug-likeness (QED) is 0.772. The fourth-order valence-corrected chi connectivity index (χ4v) is 4.12. The molecule has 1 unspecified atom stereocenters. The number of benzene rings is 1. The number of carbonyl (C=O) groups excluding carboxylic acids is 2. The lowest BCUT2D eigenvalue weighted by molar-refractivity contribution is -0.123. The van der Waals surface area contributed by atoms with Gasteiger partial charge in [0.25, 0.3) is 0 Å². The molecule has 2 aromatic rings. The van der Waals surface area contributed by atoms with Crippen molar-refractivity contribution in [1.82, 2.24) is 10.6 Å². The van der Waals surface area contributed by atoms with Gasteiger partial charge in [0, 0.05) is 24.8 Å². The molecule has 0 bridgehead atoms. The number of ether oxygens (including phenoxy) is 1. The molecule has 0 aliphatic carbocycles. The van der Waals surface area contributed by atoms with E-state index in [-0.39, 0.29) is 17.9 Å². The first kappa shape index (κ1) is 18.6. The van der Waals surface area contributed by atoms with Gasteiger partial charge in [-0.15, -0.1) is 0 Å². The van der Waals surface area contributed by atoms with E-state index < -0.39 is 5.54 Å². The highest BCUT2D eigenvalue weighted by molar-refractivity contribution is 5.80. The van der Waals surface area contributed by atoms with Gasteiger partial charge in [0.2, 0.25) is 11.8 Å². The summed E-state index contributed by atoms with van der Waals surface area (Å²) in [6.45, 7) is 0.505. The van der Waals surface area contributed by atoms with E-state index in [0.29, 0.717) is 32.2 Å². The van der Waals surface area contributed by atoms with Gasteiger partial charge in [0.05, 0.1) is 12.8 Å². The number of carbonyl (C=O) groups is 2. The molecule has 6 nitrogen and oxygen atoms in total. The monoisotopic (exact) mass is 382 g/mol. The number of amides is 2. The zero-order chi connectivity index (χ0) is 19.4. The zero-order valence-corrected chi connectivity index (χ0v) is 15.9. The molecule has 0 saturated carbocycles. The maximum absolute atomic E-state index is 12.4. The summed E-state index contributed by atoms with van der Waals surface area (Å²) in [7, 11) is 0. The van der Waals surface area contributed by atoms with Gasteiger partial charge in [-0.2, -0.15) is 0 Å². The fourth-order valence-electron chi connectivity index (χ4n) is 4.12. The summed E-state index contributed by atoms with van der Waals surface area (Å²) in [6.07, 6.45) is 6.30. The van der Waals surface area contributed by atoms with Crippen molar-refractivity contribution < 1.29 is 18.7 Å². The first-order chi connectivity index (χ1) is 13.6. The van der Waals surface area contributed by atoms with E-state index in [1.54, 1.807) is 6.26 Å². The molecule has 4 rings (SSSR count). The summed E-state index contributed by atoms with van der Waals surface area (Å²) in [4.78, 5) is 24.2. The molecule has 2 aliphatic rings. The molecule has 2 atom stereocenters. The molecule has 2 N–H and O–H groups in total. The Kier molecular flexibility index (Phi) is 5.37. The van der Waals surface area contributed by atoms with Crippen LogP contribution in [-0.2, 0) is 22.4 Å². The van der Waals surface area contributed by atoms with E-state index >= 15 is 0 Å². The number of hydrogen-bond donors (Lipinski definition) is 2. The van der Waals surface area contributed by atoms with E-state index in [2.05, 4.69) is 16.7 Å². The average molecular weight is 382 g/mol. The highest BCUT2D eigenvalue weighted by atomic mass is 16.5. The lowest BCUT2D eigenvalue weighted by atomic mass is 9.87. The minimum absolute atomic E-state index is 0.00196. The normalized spacial score (nSPS) is 23.6. The Bertz CT molecular complexity index is 833. The lowest BCUT2D eigenvalue weighted by Crippen LogP contribution is -2.45. The second-order valence-corrected chi connectivity index (χ2v) is 7.77. The van der Waals surface area contributed by atoms with Crippen LogP contribution in [0.15, 0.2) is 47.1 Å². The maximum Gasteiger partial charge on any atom is 0.220 e. The number of aryl methyl sites for hydroxylation is 1. The van der Waals surface area contributed by atoms with Crippen molar-refractivity contribution in [2.24, 2.45) is 0 Å². The Morgan fingerprint density at radius 2 is 2.11 bits per heavy atom. The molecule has 3 heterocycles. The van der Waals surface area contributed by atoms with Crippen molar-refractivity contribution in [1.29, 1.82) is 0 Å². The molecule has 2 aliphatic heterocycles. The molecule has 6 heteroatoms. The molecule has 0 spiro atoms. The largest absolute Gasteiger partial charge is 0.488 e. The van der Waals surface area contributed by atoms with E-state index in [1.165, 1.54) is 5.56 Å². The third-order valence-corrected chi connectivity index (χ3v) is 5.69. The Balaban J connectivity index is 1.27. The van der Waals surface area contributed by atoms with Crippen LogP contribution in [0.2, 0.25) is 0 Å². The number of furan rings is 1. The van der Waals surface area contributed by atoms with Gasteiger partial charge in [0.1, 0.15) is 17.6 Å². The van der Waals surface area contributed by atoms with Crippen molar-refractivity contribution in [3.63, 3.8) is 0 Å². The highest BCUT2D eigenvalue weighted by Crippen LogP contribution is 2.30. The molecule has 28 heavy (non-hydrogen) atoms. The number of nitrogens with one attached hydrogen (secondary N) is 2. The Morgan fingerprint density at radius 3 is 2.89 bits per heavy atom. The lowest BCUT2D eigenvalue weighted by Gasteiger charge is -2.29. The number of para-hydroxylation sites is 1. The summed E-state index contributed by atoms with van der Waals surface area (Å²) in [5.74, 6) is 1.78. The second-order valence-electron chi connectivity index (χ2n) is 7.77. The van der Waals surface area contributed by atoms with Crippen LogP contribution in [0, 0.1) is 0 Å². The van der Waals surface area contributed by atoms with Crippen molar-refractivity contribution in [2.45, 2.75) is 56.6 Å². The standard InChI is InChI=1S/C22H26N2O4/c25-20(23-15-18-8-7-16-4-1-2-6-19(16)28-18)9-11-22(12-10-21(26)24-22)14-17-5-3-13-27-17/h1-6,13,18H,7-12,14-15H2,(H,23,25)(H,24,26)/t18-,22?/m1/s1. The number of hydrogen-bond acceptors (Lipinski definition) is 4. The van der Waals surface area contributed by atoms with Gasteiger partial charge < -0.3 is 19.8 Å². The minimum atomic E-state index is -0.396. The Morgan fingerprint density at radius 1 is 1.21 bits per heavy atom. The van der Waals surface area contributed by atoms with E-state index in [4.69, 9.17) is 9.15 Å². The summed E-state index contributed by atoms with van der Waals surface area (Å²) in [5, 5.41) is 6.07. The van der Waals surface area contributed by atoms with E-state index in [0.717, 1.165) is 30.8 Å². The summed E-state index contributed by atoms with van der Waals surface area (Å²) in [6, 6.07) is 11.8. The molecular weight excluding hydrogens is 356 g/mol. The SMILES string of the molecule is O=C(CCC1(Cc2ccco2)CCC(=O)N1)NC[C@H]1CCc2ccccc2O1. The third kappa shape index (κ3) is 4.38. The van der Waals surface area contributed by atoms with Crippen LogP contribution in [0.4, 0.5) is 0 Å². The van der Waals surface area contributed by atoms with Crippen molar-refractivity contribution in [3.8, 4) is 5.75 Å². The van der Waals surface area contributed by atoms with Crippen molar-refractivity contribution in [2.75, 3.05) is 6.54 Å². The third-order valence-electron chi connectivity index (χ3n) is 5.69. The van der Waals surface area contributed by atoms with E-state index in [1.807, 2.05) is 30.3 Å². The van der Waals surface area contributed by atoms with Crippen LogP contribution in [0.25, 0.3) is 0 Å². The van der Waals surface area contributed by atoms with Crippen molar-refractivity contribution in [3.05, 3.63) is 54.0 Å². The van der Waals surface area contributed by atoms with Crippen LogP contribution in [0.1, 0.15) is 43.4 Å². The number of rotatable bonds is 7. The van der Waals surface area contributed by atoms with Gasteiger partial charge >= 0.3 is 0 Å². The molecule has 1 fully saturated rings. The van der Waals surface area contributed by atoms with Crippen LogP contribution in [-0.4, -0.2) is 30.0 Å². The van der Waals surface area contributed by atoms with Gasteiger partial charge in [-0.25, -0.2) is 0 Å². The van der Waals surface area contributed by atoms with Crippen LogP contribution in [0.3, 0.4) is 0 Å². The second kappa shape index (κ2) is 8.09. The van der Waals surface area contributed by atoms with Gasteiger partial charge in [0.15, 0.2) is 0 Å². The molecule has 148 valence electrons. The zero-order valence-electron chi connectivity index (χ0n) is 15.9. The molecule has 1 aromatic carbocycles. The Labute approximate surface area is 164 Å². The van der Waals surface area contributed by atoms with Gasteiger partial charge in [-0.1, -0.05) is 18.2 Å². The predicted molar refractivity (Wildman–Crippen MR) is 104 cm³/mol. The molecule has 2 amide bonds. The van der Waals surface area contributed by atoms with E-state index in [9.17, 15) is 9.59 Å². The van der Waals surface area contributed by atoms with Gasteiger partial charge in [-0.05, 0) is 49.4 Å². The summed E-state index contributed by atoms with van der Waals surface area (Å²) >= 11 is 0. The molecule has 1 saturated heterocycles. The Hall–Kier alpha value is -2.76. The van der Waals surface area contributed by atoms with Crippen LogP contribution < -0.4 is 15.4 Å². The number of fused-ring (bicyclic) bond motifs is 1.